The zero-order chi connectivity index (χ0) is 18.7. The van der Waals surface area contributed by atoms with Crippen molar-refractivity contribution < 1.29 is 13.2 Å². The Morgan fingerprint density at radius 2 is 1.88 bits per heavy atom. The van der Waals surface area contributed by atoms with Gasteiger partial charge in [0.25, 0.3) is 5.91 Å². The maximum atomic E-state index is 13.2. The van der Waals surface area contributed by atoms with Crippen LogP contribution in [0.1, 0.15) is 47.6 Å². The van der Waals surface area contributed by atoms with Crippen molar-refractivity contribution in [3.63, 3.8) is 0 Å². The number of benzene rings is 1. The molecule has 2 aromatic rings. The third-order valence-corrected chi connectivity index (χ3v) is 6.26. The molecule has 26 heavy (non-hydrogen) atoms. The van der Waals surface area contributed by atoms with Crippen LogP contribution in [0.25, 0.3) is 0 Å². The third-order valence-electron chi connectivity index (χ3n) is 4.68. The maximum Gasteiger partial charge on any atom is 0.254 e. The molecule has 7 heteroatoms. The second-order valence-corrected chi connectivity index (χ2v) is 8.95. The summed E-state index contributed by atoms with van der Waals surface area (Å²) in [4.78, 5) is 19.1. The molecule has 0 aliphatic carbocycles. The van der Waals surface area contributed by atoms with Crippen LogP contribution in [-0.2, 0) is 9.84 Å². The van der Waals surface area contributed by atoms with Crippen LogP contribution in [0, 0.1) is 0 Å². The highest BCUT2D eigenvalue weighted by atomic mass is 35.5. The molecule has 1 aromatic heterocycles. The smallest absolute Gasteiger partial charge is 0.254 e. The summed E-state index contributed by atoms with van der Waals surface area (Å²) in [6.07, 6.45) is 8.47. The van der Waals surface area contributed by atoms with Gasteiger partial charge in [-0.05, 0) is 48.7 Å². The Morgan fingerprint density at radius 1 is 1.15 bits per heavy atom. The maximum absolute atomic E-state index is 13.2. The Labute approximate surface area is 158 Å². The minimum absolute atomic E-state index is 0.0136. The van der Waals surface area contributed by atoms with E-state index in [9.17, 15) is 13.2 Å². The number of carbonyl (C=O) groups excluding carboxylic acids is 1. The molecule has 2 heterocycles. The zero-order valence-corrected chi connectivity index (χ0v) is 16.1. The van der Waals surface area contributed by atoms with Gasteiger partial charge >= 0.3 is 0 Å². The van der Waals surface area contributed by atoms with Crippen molar-refractivity contribution in [2.75, 3.05) is 12.8 Å². The number of aromatic nitrogens is 1. The fourth-order valence-corrected chi connectivity index (χ4v) is 4.67. The number of halogens is 1. The molecule has 1 unspecified atom stereocenters. The van der Waals surface area contributed by atoms with E-state index in [1.54, 1.807) is 18.5 Å². The number of nitrogens with zero attached hydrogens (tertiary/aromatic N) is 2. The molecular weight excluding hydrogens is 372 g/mol. The number of rotatable bonds is 3. The van der Waals surface area contributed by atoms with E-state index in [1.165, 1.54) is 12.1 Å². The number of pyridine rings is 1. The lowest BCUT2D eigenvalue weighted by atomic mass is 10.0. The highest BCUT2D eigenvalue weighted by molar-refractivity contribution is 7.90. The Bertz CT molecular complexity index is 900. The Morgan fingerprint density at radius 3 is 2.58 bits per heavy atom. The van der Waals surface area contributed by atoms with Crippen LogP contribution in [0.15, 0.2) is 47.6 Å². The molecule has 0 bridgehead atoms. The normalized spacial score (nSPS) is 18.4. The van der Waals surface area contributed by atoms with Crippen molar-refractivity contribution in [2.24, 2.45) is 0 Å². The average Bonchev–Trinajstić information content (AvgIpc) is 2.87. The molecule has 3 rings (SSSR count). The molecule has 1 aromatic carbocycles. The number of amides is 1. The molecule has 0 N–H and O–H groups in total. The molecule has 1 saturated heterocycles. The van der Waals surface area contributed by atoms with E-state index in [0.29, 0.717) is 12.1 Å². The van der Waals surface area contributed by atoms with Crippen LogP contribution < -0.4 is 0 Å². The predicted molar refractivity (Wildman–Crippen MR) is 101 cm³/mol. The molecular formula is C19H21ClN2O3S. The summed E-state index contributed by atoms with van der Waals surface area (Å²) in [7, 11) is -3.50. The van der Waals surface area contributed by atoms with Gasteiger partial charge in [0.15, 0.2) is 9.84 Å². The van der Waals surface area contributed by atoms with E-state index in [1.807, 2.05) is 17.0 Å². The van der Waals surface area contributed by atoms with E-state index < -0.39 is 9.84 Å². The van der Waals surface area contributed by atoms with Crippen LogP contribution in [0.5, 0.6) is 0 Å². The van der Waals surface area contributed by atoms with Crippen LogP contribution in [0.4, 0.5) is 0 Å². The van der Waals surface area contributed by atoms with E-state index >= 15 is 0 Å². The quantitative estimate of drug-likeness (QED) is 0.794. The summed E-state index contributed by atoms with van der Waals surface area (Å²) in [6.45, 7) is 0.642. The van der Waals surface area contributed by atoms with Crippen LogP contribution in [-0.4, -0.2) is 37.0 Å². The lowest BCUT2D eigenvalue weighted by Crippen LogP contribution is -2.35. The molecule has 1 aliphatic heterocycles. The lowest BCUT2D eigenvalue weighted by molar-refractivity contribution is 0.0680. The Kier molecular flexibility index (Phi) is 5.63. The van der Waals surface area contributed by atoms with Crippen molar-refractivity contribution in [2.45, 2.75) is 36.6 Å². The van der Waals surface area contributed by atoms with E-state index in [2.05, 4.69) is 4.98 Å². The van der Waals surface area contributed by atoms with Crippen LogP contribution in [0.3, 0.4) is 0 Å². The molecule has 138 valence electrons. The molecule has 1 amide bonds. The Hall–Kier alpha value is -1.92. The first-order chi connectivity index (χ1) is 12.4. The minimum Gasteiger partial charge on any atom is -0.332 e. The SMILES string of the molecule is CS(=O)(=O)c1cc(C(=O)N2CCCCCC2c2ccncc2)ccc1Cl. The number of carbonyl (C=O) groups is 1. The number of hydrogen-bond donors (Lipinski definition) is 0. The first kappa shape index (κ1) is 18.9. The van der Waals surface area contributed by atoms with Gasteiger partial charge in [0, 0.05) is 30.8 Å². The van der Waals surface area contributed by atoms with E-state index in [4.69, 9.17) is 11.6 Å². The zero-order valence-electron chi connectivity index (χ0n) is 14.6. The van der Waals surface area contributed by atoms with Gasteiger partial charge in [-0.2, -0.15) is 0 Å². The fourth-order valence-electron chi connectivity index (χ4n) is 3.37. The number of sulfone groups is 1. The summed E-state index contributed by atoms with van der Waals surface area (Å²) in [5.41, 5.74) is 1.39. The highest BCUT2D eigenvalue weighted by Gasteiger charge is 2.28. The second-order valence-electron chi connectivity index (χ2n) is 6.56. The lowest BCUT2D eigenvalue weighted by Gasteiger charge is -2.30. The second kappa shape index (κ2) is 7.76. The average molecular weight is 393 g/mol. The van der Waals surface area contributed by atoms with Gasteiger partial charge in [0.1, 0.15) is 0 Å². The van der Waals surface area contributed by atoms with Crippen LogP contribution in [0.2, 0.25) is 5.02 Å². The molecule has 1 aliphatic rings. The van der Waals surface area contributed by atoms with Gasteiger partial charge in [-0.15, -0.1) is 0 Å². The summed E-state index contributed by atoms with van der Waals surface area (Å²) < 4.78 is 23.9. The minimum atomic E-state index is -3.50. The molecule has 1 atom stereocenters. The van der Waals surface area contributed by atoms with Crippen molar-refractivity contribution >= 4 is 27.3 Å². The predicted octanol–water partition coefficient (Wildman–Crippen LogP) is 3.90. The van der Waals surface area contributed by atoms with Crippen molar-refractivity contribution in [1.82, 2.24) is 9.88 Å². The molecule has 1 fully saturated rings. The van der Waals surface area contributed by atoms with Crippen molar-refractivity contribution in [3.05, 3.63) is 58.9 Å². The summed E-state index contributed by atoms with van der Waals surface area (Å²) >= 11 is 6.01. The third kappa shape index (κ3) is 4.07. The fraction of sp³-hybridized carbons (Fsp3) is 0.368. The topological polar surface area (TPSA) is 67.3 Å². The molecule has 0 radical (unpaired) electrons. The number of likely N-dealkylation sites (tertiary alicyclic amines) is 1. The Balaban J connectivity index is 1.98. The standard InChI is InChI=1S/C19H21ClN2O3S/c1-26(24,25)18-13-15(6-7-16(18)20)19(23)22-12-4-2-3-5-17(22)14-8-10-21-11-9-14/h6-11,13,17H,2-5,12H2,1H3. The first-order valence-corrected chi connectivity index (χ1v) is 10.9. The largest absolute Gasteiger partial charge is 0.332 e. The van der Waals surface area contributed by atoms with Crippen molar-refractivity contribution in [1.29, 1.82) is 0 Å². The van der Waals surface area contributed by atoms with E-state index in [-0.39, 0.29) is 21.9 Å². The van der Waals surface area contributed by atoms with E-state index in [0.717, 1.165) is 37.5 Å². The summed E-state index contributed by atoms with van der Waals surface area (Å²) in [5, 5.41) is 0.130. The van der Waals surface area contributed by atoms with Gasteiger partial charge < -0.3 is 4.90 Å². The monoisotopic (exact) mass is 392 g/mol. The van der Waals surface area contributed by atoms with Gasteiger partial charge in [-0.1, -0.05) is 24.4 Å². The molecule has 0 saturated carbocycles. The first-order valence-electron chi connectivity index (χ1n) is 8.58. The molecule has 0 spiro atoms. The van der Waals surface area contributed by atoms with Gasteiger partial charge in [0.2, 0.25) is 0 Å². The molecule has 5 nitrogen and oxygen atoms in total. The van der Waals surface area contributed by atoms with Gasteiger partial charge in [-0.3, -0.25) is 9.78 Å². The summed E-state index contributed by atoms with van der Waals surface area (Å²) in [6, 6.07) is 8.28. The van der Waals surface area contributed by atoms with Crippen molar-refractivity contribution in [3.8, 4) is 0 Å². The highest BCUT2D eigenvalue weighted by Crippen LogP contribution is 2.32. The van der Waals surface area contributed by atoms with Gasteiger partial charge in [-0.25, -0.2) is 8.42 Å². The number of hydrogen-bond acceptors (Lipinski definition) is 4. The van der Waals surface area contributed by atoms with Crippen LogP contribution >= 0.6 is 11.6 Å². The van der Waals surface area contributed by atoms with Gasteiger partial charge in [0.05, 0.1) is 16.0 Å². The summed E-state index contributed by atoms with van der Waals surface area (Å²) in [5.74, 6) is -0.171.